The minimum absolute atomic E-state index is 0.0533. The maximum absolute atomic E-state index is 12.2. The van der Waals surface area contributed by atoms with Crippen LogP contribution in [0, 0.1) is 0 Å². The Hall–Kier alpha value is -1.63. The van der Waals surface area contributed by atoms with Crippen LogP contribution < -0.4 is 0 Å². The summed E-state index contributed by atoms with van der Waals surface area (Å²) in [6.45, 7) is 6.48. The summed E-state index contributed by atoms with van der Waals surface area (Å²) in [5.74, 6) is -0.941. The van der Waals surface area contributed by atoms with Crippen molar-refractivity contribution in [2.75, 3.05) is 39.3 Å². The molecule has 20 heavy (non-hydrogen) atoms. The van der Waals surface area contributed by atoms with Crippen LogP contribution in [0.25, 0.3) is 0 Å². The van der Waals surface area contributed by atoms with Gasteiger partial charge in [0.15, 0.2) is 0 Å². The number of morpholine rings is 1. The van der Waals surface area contributed by atoms with Crippen LogP contribution in [0.1, 0.15) is 13.8 Å². The third kappa shape index (κ3) is 3.27. The molecule has 0 aromatic carbocycles. The van der Waals surface area contributed by atoms with E-state index in [0.29, 0.717) is 39.3 Å². The Labute approximate surface area is 118 Å². The van der Waals surface area contributed by atoms with E-state index >= 15 is 0 Å². The number of carbonyl (C=O) groups excluding carboxylic acids is 3. The van der Waals surface area contributed by atoms with Gasteiger partial charge in [-0.2, -0.15) is 0 Å². The molecule has 2 aliphatic heterocycles. The Morgan fingerprint density at radius 1 is 0.950 bits per heavy atom. The number of amides is 3. The van der Waals surface area contributed by atoms with Crippen molar-refractivity contribution in [2.45, 2.75) is 26.1 Å². The van der Waals surface area contributed by atoms with Crippen LogP contribution in [0.15, 0.2) is 0 Å². The molecule has 2 saturated heterocycles. The Bertz CT molecular complexity index is 383. The van der Waals surface area contributed by atoms with Crippen molar-refractivity contribution in [1.82, 2.24) is 14.7 Å². The van der Waals surface area contributed by atoms with Crippen LogP contribution in [0.4, 0.5) is 0 Å². The van der Waals surface area contributed by atoms with Gasteiger partial charge < -0.3 is 19.4 Å². The summed E-state index contributed by atoms with van der Waals surface area (Å²) in [4.78, 5) is 39.7. The average molecular weight is 283 g/mol. The van der Waals surface area contributed by atoms with Gasteiger partial charge in [-0.1, -0.05) is 0 Å². The van der Waals surface area contributed by atoms with Gasteiger partial charge in [-0.15, -0.1) is 0 Å². The van der Waals surface area contributed by atoms with E-state index in [-0.39, 0.29) is 12.2 Å². The Balaban J connectivity index is 1.92. The third-order valence-corrected chi connectivity index (χ3v) is 3.64. The predicted octanol–water partition coefficient (Wildman–Crippen LogP) is -1.08. The molecule has 0 aliphatic carbocycles. The largest absolute Gasteiger partial charge is 0.372 e. The smallest absolute Gasteiger partial charge is 0.312 e. The first-order valence-corrected chi connectivity index (χ1v) is 6.94. The lowest BCUT2D eigenvalue weighted by Crippen LogP contribution is -2.56. The molecule has 2 aliphatic rings. The topological polar surface area (TPSA) is 70.2 Å². The van der Waals surface area contributed by atoms with Crippen molar-refractivity contribution in [2.24, 2.45) is 0 Å². The lowest BCUT2D eigenvalue weighted by atomic mass is 10.2. The van der Waals surface area contributed by atoms with E-state index in [4.69, 9.17) is 4.74 Å². The Kier molecular flexibility index (Phi) is 4.59. The van der Waals surface area contributed by atoms with Crippen LogP contribution in [-0.2, 0) is 19.1 Å². The summed E-state index contributed by atoms with van der Waals surface area (Å²) in [6, 6.07) is 0. The van der Waals surface area contributed by atoms with Crippen LogP contribution in [-0.4, -0.2) is 84.4 Å². The molecule has 0 N–H and O–H groups in total. The first-order chi connectivity index (χ1) is 9.51. The normalized spacial score (nSPS) is 27.4. The highest BCUT2D eigenvalue weighted by Gasteiger charge is 2.33. The van der Waals surface area contributed by atoms with E-state index in [1.807, 2.05) is 13.8 Å². The highest BCUT2D eigenvalue weighted by molar-refractivity contribution is 6.34. The molecule has 3 amide bonds. The van der Waals surface area contributed by atoms with Crippen molar-refractivity contribution in [1.29, 1.82) is 0 Å². The molecule has 0 spiro atoms. The number of nitrogens with zero attached hydrogens (tertiary/aromatic N) is 3. The second-order valence-corrected chi connectivity index (χ2v) is 5.40. The molecule has 7 heteroatoms. The molecule has 2 unspecified atom stereocenters. The molecule has 2 rings (SSSR count). The molecule has 0 bridgehead atoms. The first-order valence-electron chi connectivity index (χ1n) is 6.94. The van der Waals surface area contributed by atoms with Gasteiger partial charge in [0.05, 0.1) is 12.2 Å². The van der Waals surface area contributed by atoms with E-state index in [9.17, 15) is 14.4 Å². The van der Waals surface area contributed by atoms with Crippen LogP contribution in [0.5, 0.6) is 0 Å². The van der Waals surface area contributed by atoms with E-state index in [2.05, 4.69) is 0 Å². The number of ether oxygens (including phenoxy) is 1. The fourth-order valence-corrected chi connectivity index (χ4v) is 2.64. The molecular formula is C13H21N3O4. The summed E-state index contributed by atoms with van der Waals surface area (Å²) in [5.41, 5.74) is 0. The lowest BCUT2D eigenvalue weighted by molar-refractivity contribution is -0.159. The lowest BCUT2D eigenvalue weighted by Gasteiger charge is -2.37. The van der Waals surface area contributed by atoms with Gasteiger partial charge in [0.2, 0.25) is 6.41 Å². The number of hydrogen-bond acceptors (Lipinski definition) is 4. The van der Waals surface area contributed by atoms with E-state index in [0.717, 1.165) is 6.41 Å². The van der Waals surface area contributed by atoms with Crippen molar-refractivity contribution >= 4 is 18.2 Å². The predicted molar refractivity (Wildman–Crippen MR) is 70.8 cm³/mol. The molecule has 0 radical (unpaired) electrons. The van der Waals surface area contributed by atoms with Gasteiger partial charge >= 0.3 is 11.8 Å². The van der Waals surface area contributed by atoms with Crippen molar-refractivity contribution in [3.05, 3.63) is 0 Å². The van der Waals surface area contributed by atoms with Crippen LogP contribution in [0.3, 0.4) is 0 Å². The zero-order chi connectivity index (χ0) is 14.7. The minimum atomic E-state index is -0.475. The van der Waals surface area contributed by atoms with Crippen LogP contribution >= 0.6 is 0 Å². The van der Waals surface area contributed by atoms with Gasteiger partial charge in [-0.25, -0.2) is 0 Å². The fraction of sp³-hybridized carbons (Fsp3) is 0.769. The molecule has 0 aromatic heterocycles. The zero-order valence-electron chi connectivity index (χ0n) is 11.9. The number of piperazine rings is 1. The monoisotopic (exact) mass is 283 g/mol. The number of rotatable bonds is 1. The van der Waals surface area contributed by atoms with E-state index < -0.39 is 11.8 Å². The molecule has 2 fully saturated rings. The second-order valence-electron chi connectivity index (χ2n) is 5.40. The third-order valence-electron chi connectivity index (χ3n) is 3.64. The molecule has 7 nitrogen and oxygen atoms in total. The highest BCUT2D eigenvalue weighted by Crippen LogP contribution is 2.12. The second kappa shape index (κ2) is 6.21. The zero-order valence-corrected chi connectivity index (χ0v) is 11.9. The van der Waals surface area contributed by atoms with Gasteiger partial charge in [0, 0.05) is 39.3 Å². The van der Waals surface area contributed by atoms with Gasteiger partial charge in [-0.05, 0) is 13.8 Å². The standard InChI is InChI=1S/C13H21N3O4/c1-10-7-16(8-11(2)20-10)13(19)12(18)15-5-3-14(9-17)4-6-15/h9-11H,3-8H2,1-2H3. The summed E-state index contributed by atoms with van der Waals surface area (Å²) in [7, 11) is 0. The van der Waals surface area contributed by atoms with Crippen molar-refractivity contribution in [3.8, 4) is 0 Å². The highest BCUT2D eigenvalue weighted by atomic mass is 16.5. The molecule has 2 atom stereocenters. The van der Waals surface area contributed by atoms with Gasteiger partial charge in [0.1, 0.15) is 0 Å². The first kappa shape index (κ1) is 14.8. The van der Waals surface area contributed by atoms with Gasteiger partial charge in [0.25, 0.3) is 0 Å². The summed E-state index contributed by atoms with van der Waals surface area (Å²) >= 11 is 0. The Morgan fingerprint density at radius 2 is 1.45 bits per heavy atom. The number of hydrogen-bond donors (Lipinski definition) is 0. The molecule has 112 valence electrons. The van der Waals surface area contributed by atoms with Crippen molar-refractivity contribution < 1.29 is 19.1 Å². The molecule has 2 heterocycles. The average Bonchev–Trinajstić information content (AvgIpc) is 2.45. The fourth-order valence-electron chi connectivity index (χ4n) is 2.64. The maximum atomic E-state index is 12.2. The van der Waals surface area contributed by atoms with Crippen LogP contribution in [0.2, 0.25) is 0 Å². The van der Waals surface area contributed by atoms with E-state index in [1.54, 1.807) is 9.80 Å². The quantitative estimate of drug-likeness (QED) is 0.453. The summed E-state index contributed by atoms with van der Waals surface area (Å²) in [6.07, 6.45) is 0.666. The number of carbonyl (C=O) groups is 3. The minimum Gasteiger partial charge on any atom is -0.372 e. The summed E-state index contributed by atoms with van der Waals surface area (Å²) in [5, 5.41) is 0. The Morgan fingerprint density at radius 3 is 1.95 bits per heavy atom. The van der Waals surface area contributed by atoms with Gasteiger partial charge in [-0.3, -0.25) is 14.4 Å². The maximum Gasteiger partial charge on any atom is 0.312 e. The SMILES string of the molecule is CC1CN(C(=O)C(=O)N2CCN(C=O)CC2)CC(C)O1. The molecule has 0 saturated carbocycles. The van der Waals surface area contributed by atoms with Crippen molar-refractivity contribution in [3.63, 3.8) is 0 Å². The summed E-state index contributed by atoms with van der Waals surface area (Å²) < 4.78 is 5.56. The van der Waals surface area contributed by atoms with E-state index in [1.165, 1.54) is 4.90 Å². The molecule has 0 aromatic rings. The molecular weight excluding hydrogens is 262 g/mol.